The van der Waals surface area contributed by atoms with Crippen molar-refractivity contribution < 1.29 is 18.8 Å². The Morgan fingerprint density at radius 2 is 2.11 bits per heavy atom. The van der Waals surface area contributed by atoms with Crippen molar-refractivity contribution in [3.63, 3.8) is 0 Å². The largest absolute Gasteiger partial charge is 0.490 e. The van der Waals surface area contributed by atoms with Gasteiger partial charge in [-0.05, 0) is 6.07 Å². The summed E-state index contributed by atoms with van der Waals surface area (Å²) in [5.74, 6) is -0.760. The van der Waals surface area contributed by atoms with Gasteiger partial charge in [0.1, 0.15) is 0 Å². The van der Waals surface area contributed by atoms with E-state index in [-0.39, 0.29) is 23.2 Å². The van der Waals surface area contributed by atoms with Crippen molar-refractivity contribution in [1.82, 2.24) is 9.78 Å². The lowest BCUT2D eigenvalue weighted by Gasteiger charge is -2.03. The van der Waals surface area contributed by atoms with Gasteiger partial charge in [0.15, 0.2) is 5.75 Å². The minimum absolute atomic E-state index is 0.0105. The fourth-order valence-corrected chi connectivity index (χ4v) is 1.46. The first-order valence-electron chi connectivity index (χ1n) is 5.03. The number of aromatic nitrogens is 2. The van der Waals surface area contributed by atoms with Crippen molar-refractivity contribution in [3.05, 3.63) is 38.9 Å². The van der Waals surface area contributed by atoms with Crippen LogP contribution in [0.3, 0.4) is 0 Å². The van der Waals surface area contributed by atoms with Gasteiger partial charge in [-0.25, -0.2) is 4.79 Å². The van der Waals surface area contributed by atoms with Crippen LogP contribution in [0.25, 0.3) is 5.69 Å². The summed E-state index contributed by atoms with van der Waals surface area (Å²) in [6.07, 6.45) is -0.206. The molecule has 0 spiro atoms. The normalized spacial score (nSPS) is 10.2. The molecule has 0 fully saturated rings. The number of benzene rings is 1. The Kier molecular flexibility index (Phi) is 3.19. The van der Waals surface area contributed by atoms with Gasteiger partial charge in [-0.1, -0.05) is 5.10 Å². The van der Waals surface area contributed by atoms with Crippen molar-refractivity contribution >= 4 is 5.69 Å². The molecule has 0 radical (unpaired) electrons. The molecule has 0 unspecified atom stereocenters. The van der Waals surface area contributed by atoms with E-state index in [9.17, 15) is 14.9 Å². The monoisotopic (exact) mass is 267 g/mol. The van der Waals surface area contributed by atoms with Crippen LogP contribution in [0.15, 0.2) is 27.4 Å². The van der Waals surface area contributed by atoms with Crippen molar-refractivity contribution in [3.8, 4) is 17.5 Å². The zero-order valence-electron chi connectivity index (χ0n) is 10.0. The van der Waals surface area contributed by atoms with Crippen LogP contribution in [0, 0.1) is 10.1 Å². The Balaban J connectivity index is 2.54. The quantitative estimate of drug-likeness (QED) is 0.593. The first kappa shape index (κ1) is 12.6. The van der Waals surface area contributed by atoms with Gasteiger partial charge < -0.3 is 13.9 Å². The van der Waals surface area contributed by atoms with Crippen LogP contribution in [-0.2, 0) is 0 Å². The van der Waals surface area contributed by atoms with Gasteiger partial charge >= 0.3 is 17.5 Å². The molecule has 1 aromatic carbocycles. The number of nitro groups is 1. The second-order valence-electron chi connectivity index (χ2n) is 3.36. The first-order valence-corrected chi connectivity index (χ1v) is 5.03. The van der Waals surface area contributed by atoms with Gasteiger partial charge in [0, 0.05) is 12.1 Å². The van der Waals surface area contributed by atoms with Crippen LogP contribution >= 0.6 is 0 Å². The number of nitro benzene ring substituents is 1. The second kappa shape index (κ2) is 4.80. The van der Waals surface area contributed by atoms with Gasteiger partial charge in [-0.15, -0.1) is 0 Å². The van der Waals surface area contributed by atoms with Crippen LogP contribution in [0.1, 0.15) is 0 Å². The molecule has 0 aliphatic heterocycles. The highest BCUT2D eigenvalue weighted by atomic mass is 16.6. The molecule has 2 rings (SSSR count). The van der Waals surface area contributed by atoms with Crippen LogP contribution in [0.5, 0.6) is 11.8 Å². The van der Waals surface area contributed by atoms with E-state index in [1.807, 2.05) is 0 Å². The van der Waals surface area contributed by atoms with E-state index in [2.05, 4.69) is 14.3 Å². The molecule has 9 nitrogen and oxygen atoms in total. The predicted molar refractivity (Wildman–Crippen MR) is 61.9 cm³/mol. The maximum absolute atomic E-state index is 11.5. The molecule has 9 heteroatoms. The highest BCUT2D eigenvalue weighted by Crippen LogP contribution is 2.28. The SMILES string of the molecule is COc1nn(-c2ccc([N+](=O)[O-])c(OC)c2)c(=O)o1. The zero-order chi connectivity index (χ0) is 14.0. The standard InChI is InChI=1S/C10H9N3O6/c1-17-8-5-6(3-4-7(8)13(15)16)12-10(14)19-9(11-12)18-2/h3-5H,1-2H3. The van der Waals surface area contributed by atoms with Crippen molar-refractivity contribution in [2.75, 3.05) is 14.2 Å². The molecule has 19 heavy (non-hydrogen) atoms. The fraction of sp³-hybridized carbons (Fsp3) is 0.200. The Morgan fingerprint density at radius 3 is 2.63 bits per heavy atom. The summed E-state index contributed by atoms with van der Waals surface area (Å²) in [6, 6.07) is 3.87. The van der Waals surface area contributed by atoms with Crippen LogP contribution in [-0.4, -0.2) is 28.9 Å². The molecule has 100 valence electrons. The summed E-state index contributed by atoms with van der Waals surface area (Å²) in [6.45, 7) is 0. The molecule has 0 amide bonds. The van der Waals surface area contributed by atoms with Crippen molar-refractivity contribution in [2.45, 2.75) is 0 Å². The van der Waals surface area contributed by atoms with Crippen molar-refractivity contribution in [2.24, 2.45) is 0 Å². The third-order valence-corrected chi connectivity index (χ3v) is 2.31. The van der Waals surface area contributed by atoms with E-state index in [0.717, 1.165) is 4.68 Å². The molecule has 0 aliphatic carbocycles. The van der Waals surface area contributed by atoms with Gasteiger partial charge in [0.2, 0.25) is 0 Å². The average molecular weight is 267 g/mol. The summed E-state index contributed by atoms with van der Waals surface area (Å²) < 4.78 is 15.1. The highest BCUT2D eigenvalue weighted by molar-refractivity contribution is 5.52. The van der Waals surface area contributed by atoms with E-state index in [1.54, 1.807) is 0 Å². The molecule has 1 heterocycles. The Morgan fingerprint density at radius 1 is 1.37 bits per heavy atom. The lowest BCUT2D eigenvalue weighted by molar-refractivity contribution is -0.385. The second-order valence-corrected chi connectivity index (χ2v) is 3.36. The topological polar surface area (TPSA) is 110 Å². The zero-order valence-corrected chi connectivity index (χ0v) is 10.0. The summed E-state index contributed by atoms with van der Waals surface area (Å²) >= 11 is 0. The van der Waals surface area contributed by atoms with Crippen LogP contribution < -0.4 is 15.2 Å². The van der Waals surface area contributed by atoms with Gasteiger partial charge in [0.25, 0.3) is 0 Å². The minimum Gasteiger partial charge on any atom is -0.490 e. The number of rotatable bonds is 4. The summed E-state index contributed by atoms with van der Waals surface area (Å²) in [5.41, 5.74) is 0.0502. The molecule has 0 aliphatic rings. The number of ether oxygens (including phenoxy) is 2. The van der Waals surface area contributed by atoms with Crippen molar-refractivity contribution in [1.29, 1.82) is 0 Å². The highest BCUT2D eigenvalue weighted by Gasteiger charge is 2.17. The molecular weight excluding hydrogens is 258 g/mol. The molecule has 2 aromatic rings. The minimum atomic E-state index is -0.771. The number of hydrogen-bond acceptors (Lipinski definition) is 7. The Hall–Kier alpha value is -2.84. The molecule has 0 atom stereocenters. The third-order valence-electron chi connectivity index (χ3n) is 2.31. The molecule has 1 aromatic heterocycles. The van der Waals surface area contributed by atoms with E-state index in [1.165, 1.54) is 32.4 Å². The molecule has 0 N–H and O–H groups in total. The van der Waals surface area contributed by atoms with Gasteiger partial charge in [-0.2, -0.15) is 4.68 Å². The predicted octanol–water partition coefficient (Wildman–Crippen LogP) is 0.751. The lowest BCUT2D eigenvalue weighted by Crippen LogP contribution is -2.13. The van der Waals surface area contributed by atoms with Gasteiger partial charge in [-0.3, -0.25) is 10.1 Å². The van der Waals surface area contributed by atoms with Gasteiger partial charge in [0.05, 0.1) is 24.8 Å². The summed E-state index contributed by atoms with van der Waals surface area (Å²) in [7, 11) is 2.59. The smallest absolute Gasteiger partial charge is 0.444 e. The maximum atomic E-state index is 11.5. The average Bonchev–Trinajstić information content (AvgIpc) is 2.79. The van der Waals surface area contributed by atoms with E-state index in [4.69, 9.17) is 4.74 Å². The first-order chi connectivity index (χ1) is 9.06. The Bertz CT molecular complexity index is 674. The maximum Gasteiger partial charge on any atom is 0.444 e. The number of nitrogens with zero attached hydrogens (tertiary/aromatic N) is 3. The fourth-order valence-electron chi connectivity index (χ4n) is 1.46. The molecule has 0 saturated heterocycles. The third kappa shape index (κ3) is 2.25. The van der Waals surface area contributed by atoms with E-state index >= 15 is 0 Å². The lowest BCUT2D eigenvalue weighted by atomic mass is 10.2. The molecule has 0 saturated carbocycles. The summed E-state index contributed by atoms with van der Waals surface area (Å²) in [4.78, 5) is 21.7. The molecule has 0 bridgehead atoms. The summed E-state index contributed by atoms with van der Waals surface area (Å²) in [5, 5.41) is 14.5. The van der Waals surface area contributed by atoms with Crippen LogP contribution in [0.2, 0.25) is 0 Å². The molecular formula is C10H9N3O6. The number of methoxy groups -OCH3 is 2. The number of hydrogen-bond donors (Lipinski definition) is 0. The van der Waals surface area contributed by atoms with E-state index in [0.29, 0.717) is 0 Å². The Labute approximate surface area is 106 Å². The van der Waals surface area contributed by atoms with Crippen LogP contribution in [0.4, 0.5) is 5.69 Å². The van der Waals surface area contributed by atoms with E-state index < -0.39 is 10.7 Å².